The number of hydrazine groups is 1. The first-order valence-electron chi connectivity index (χ1n) is 5.28. The van der Waals surface area contributed by atoms with Crippen LogP contribution >= 0.6 is 11.3 Å². The maximum Gasteiger partial charge on any atom is 0.128 e. The summed E-state index contributed by atoms with van der Waals surface area (Å²) in [4.78, 5) is 8.48. The van der Waals surface area contributed by atoms with Crippen molar-refractivity contribution in [1.29, 1.82) is 0 Å². The Morgan fingerprint density at radius 1 is 1.53 bits per heavy atom. The first kappa shape index (κ1) is 12.0. The van der Waals surface area contributed by atoms with E-state index in [-0.39, 0.29) is 6.04 Å². The van der Waals surface area contributed by atoms with Gasteiger partial charge in [0.25, 0.3) is 0 Å². The van der Waals surface area contributed by atoms with Crippen LogP contribution in [0.5, 0.6) is 0 Å². The molecule has 6 heteroatoms. The normalized spacial score (nSPS) is 12.6. The van der Waals surface area contributed by atoms with Gasteiger partial charge in [-0.2, -0.15) is 0 Å². The van der Waals surface area contributed by atoms with Crippen LogP contribution < -0.4 is 17.0 Å². The number of hydrogen-bond donors (Lipinski definition) is 3. The van der Waals surface area contributed by atoms with Crippen molar-refractivity contribution in [3.63, 3.8) is 0 Å². The summed E-state index contributed by atoms with van der Waals surface area (Å²) < 4.78 is 0. The van der Waals surface area contributed by atoms with Crippen molar-refractivity contribution in [1.82, 2.24) is 15.4 Å². The van der Waals surface area contributed by atoms with Crippen LogP contribution in [0, 0.1) is 6.92 Å². The molecule has 2 rings (SSSR count). The maximum absolute atomic E-state index is 5.83. The lowest BCUT2D eigenvalue weighted by Gasteiger charge is -2.16. The van der Waals surface area contributed by atoms with Gasteiger partial charge in [-0.1, -0.05) is 6.07 Å². The van der Waals surface area contributed by atoms with Gasteiger partial charge in [0, 0.05) is 29.3 Å². The lowest BCUT2D eigenvalue weighted by molar-refractivity contribution is 0.550. The minimum absolute atomic E-state index is 0.0609. The van der Waals surface area contributed by atoms with Gasteiger partial charge < -0.3 is 5.73 Å². The van der Waals surface area contributed by atoms with Crippen LogP contribution in [0.1, 0.15) is 22.3 Å². The molecule has 0 bridgehead atoms. The number of hydrogen-bond acceptors (Lipinski definition) is 6. The fourth-order valence-electron chi connectivity index (χ4n) is 1.65. The minimum Gasteiger partial charge on any atom is -0.383 e. The Balaban J connectivity index is 2.20. The zero-order chi connectivity index (χ0) is 12.3. The second-order valence-electron chi connectivity index (χ2n) is 3.78. The number of anilines is 1. The highest BCUT2D eigenvalue weighted by molar-refractivity contribution is 7.09. The van der Waals surface area contributed by atoms with E-state index in [2.05, 4.69) is 15.4 Å². The average molecular weight is 249 g/mol. The summed E-state index contributed by atoms with van der Waals surface area (Å²) in [6, 6.07) is 3.71. The molecule has 2 aromatic heterocycles. The van der Waals surface area contributed by atoms with Gasteiger partial charge in [0.15, 0.2) is 0 Å². The third kappa shape index (κ3) is 2.79. The standard InChI is InChI=1S/C11H15N5S/c1-7-6-17-10(15-7)5-9(16-13)8-3-2-4-14-11(8)12/h2-4,6,9,16H,5,13H2,1H3,(H2,12,14). The summed E-state index contributed by atoms with van der Waals surface area (Å²) in [7, 11) is 0. The van der Waals surface area contributed by atoms with Gasteiger partial charge in [-0.15, -0.1) is 11.3 Å². The van der Waals surface area contributed by atoms with Gasteiger partial charge in [0.2, 0.25) is 0 Å². The van der Waals surface area contributed by atoms with Gasteiger partial charge in [-0.3, -0.25) is 11.3 Å². The van der Waals surface area contributed by atoms with E-state index >= 15 is 0 Å². The Labute approximate surface area is 104 Å². The first-order valence-corrected chi connectivity index (χ1v) is 6.16. The van der Waals surface area contributed by atoms with Crippen LogP contribution in [0.4, 0.5) is 5.82 Å². The Hall–Kier alpha value is -1.50. The highest BCUT2D eigenvalue weighted by atomic mass is 32.1. The Bertz CT molecular complexity index is 496. The summed E-state index contributed by atoms with van der Waals surface area (Å²) in [5, 5.41) is 3.06. The molecular formula is C11H15N5S. The number of aryl methyl sites for hydroxylation is 1. The van der Waals surface area contributed by atoms with Crippen molar-refractivity contribution in [2.75, 3.05) is 5.73 Å². The van der Waals surface area contributed by atoms with Crippen molar-refractivity contribution in [3.05, 3.63) is 40.0 Å². The lowest BCUT2D eigenvalue weighted by Crippen LogP contribution is -2.30. The summed E-state index contributed by atoms with van der Waals surface area (Å²) in [6.07, 6.45) is 2.38. The molecule has 0 spiro atoms. The van der Waals surface area contributed by atoms with Gasteiger partial charge in [0.05, 0.1) is 11.0 Å². The molecule has 17 heavy (non-hydrogen) atoms. The number of rotatable bonds is 4. The van der Waals surface area contributed by atoms with E-state index in [0.29, 0.717) is 12.2 Å². The number of nitrogens with one attached hydrogen (secondary N) is 1. The molecule has 0 saturated heterocycles. The minimum atomic E-state index is -0.0609. The third-order valence-electron chi connectivity index (χ3n) is 2.49. The van der Waals surface area contributed by atoms with Crippen molar-refractivity contribution in [3.8, 4) is 0 Å². The Morgan fingerprint density at radius 2 is 2.35 bits per heavy atom. The first-order chi connectivity index (χ1) is 8.20. The predicted octanol–water partition coefficient (Wildman–Crippen LogP) is 1.18. The van der Waals surface area contributed by atoms with Crippen LogP contribution in [-0.2, 0) is 6.42 Å². The van der Waals surface area contributed by atoms with E-state index in [1.165, 1.54) is 0 Å². The molecule has 0 aliphatic carbocycles. The van der Waals surface area contributed by atoms with E-state index in [4.69, 9.17) is 11.6 Å². The van der Waals surface area contributed by atoms with Gasteiger partial charge in [0.1, 0.15) is 5.82 Å². The fraction of sp³-hybridized carbons (Fsp3) is 0.273. The second-order valence-corrected chi connectivity index (χ2v) is 4.73. The topological polar surface area (TPSA) is 89.8 Å². The zero-order valence-electron chi connectivity index (χ0n) is 9.55. The SMILES string of the molecule is Cc1csc(CC(NN)c2cccnc2N)n1. The molecule has 5 nitrogen and oxygen atoms in total. The summed E-state index contributed by atoms with van der Waals surface area (Å²) >= 11 is 1.63. The zero-order valence-corrected chi connectivity index (χ0v) is 10.4. The lowest BCUT2D eigenvalue weighted by atomic mass is 10.1. The second kappa shape index (κ2) is 5.22. The molecule has 90 valence electrons. The van der Waals surface area contributed by atoms with Gasteiger partial charge in [-0.05, 0) is 13.0 Å². The molecule has 0 aromatic carbocycles. The quantitative estimate of drug-likeness (QED) is 0.559. The summed E-state index contributed by atoms with van der Waals surface area (Å²) in [6.45, 7) is 1.98. The largest absolute Gasteiger partial charge is 0.383 e. The number of pyridine rings is 1. The molecule has 0 saturated carbocycles. The average Bonchev–Trinajstić information content (AvgIpc) is 2.73. The highest BCUT2D eigenvalue weighted by Crippen LogP contribution is 2.22. The summed E-state index contributed by atoms with van der Waals surface area (Å²) in [5.41, 5.74) is 10.5. The van der Waals surface area contributed by atoms with Crippen molar-refractivity contribution in [2.24, 2.45) is 5.84 Å². The number of nitrogen functional groups attached to an aromatic ring is 1. The fourth-order valence-corrected chi connectivity index (χ4v) is 2.47. The van der Waals surface area contributed by atoms with E-state index in [9.17, 15) is 0 Å². The number of thiazole rings is 1. The molecular weight excluding hydrogens is 234 g/mol. The molecule has 0 aliphatic heterocycles. The molecule has 0 fully saturated rings. The van der Waals surface area contributed by atoms with Gasteiger partial charge >= 0.3 is 0 Å². The maximum atomic E-state index is 5.83. The molecule has 0 radical (unpaired) electrons. The molecule has 0 amide bonds. The molecule has 2 aromatic rings. The van der Waals surface area contributed by atoms with E-state index in [0.717, 1.165) is 16.3 Å². The van der Waals surface area contributed by atoms with Crippen molar-refractivity contribution >= 4 is 17.2 Å². The van der Waals surface area contributed by atoms with Crippen LogP contribution in [0.2, 0.25) is 0 Å². The number of nitrogens with zero attached hydrogens (tertiary/aromatic N) is 2. The molecule has 1 unspecified atom stereocenters. The summed E-state index contributed by atoms with van der Waals surface area (Å²) in [5.74, 6) is 6.08. The predicted molar refractivity (Wildman–Crippen MR) is 69.3 cm³/mol. The van der Waals surface area contributed by atoms with E-state index < -0.39 is 0 Å². The third-order valence-corrected chi connectivity index (χ3v) is 3.48. The smallest absolute Gasteiger partial charge is 0.128 e. The van der Waals surface area contributed by atoms with Crippen molar-refractivity contribution < 1.29 is 0 Å². The van der Waals surface area contributed by atoms with Crippen LogP contribution in [-0.4, -0.2) is 9.97 Å². The molecule has 5 N–H and O–H groups in total. The molecule has 2 heterocycles. The van der Waals surface area contributed by atoms with Gasteiger partial charge in [-0.25, -0.2) is 9.97 Å². The van der Waals surface area contributed by atoms with E-state index in [1.807, 2.05) is 24.4 Å². The Morgan fingerprint density at radius 3 is 2.94 bits per heavy atom. The van der Waals surface area contributed by atoms with Crippen LogP contribution in [0.15, 0.2) is 23.7 Å². The molecule has 0 aliphatic rings. The highest BCUT2D eigenvalue weighted by Gasteiger charge is 2.15. The number of nitrogens with two attached hydrogens (primary N) is 2. The van der Waals surface area contributed by atoms with Crippen LogP contribution in [0.25, 0.3) is 0 Å². The number of aromatic nitrogens is 2. The van der Waals surface area contributed by atoms with Crippen molar-refractivity contribution in [2.45, 2.75) is 19.4 Å². The molecule has 1 atom stereocenters. The van der Waals surface area contributed by atoms with E-state index in [1.54, 1.807) is 17.5 Å². The Kier molecular flexibility index (Phi) is 3.68. The monoisotopic (exact) mass is 249 g/mol. The van der Waals surface area contributed by atoms with Crippen LogP contribution in [0.3, 0.4) is 0 Å².